The van der Waals surface area contributed by atoms with Crippen LogP contribution in [-0.2, 0) is 22.7 Å². The number of carbonyl (C=O) groups excluding carboxylic acids is 3. The lowest BCUT2D eigenvalue weighted by Crippen LogP contribution is -2.39. The van der Waals surface area contributed by atoms with Crippen molar-refractivity contribution in [3.05, 3.63) is 87.5 Å². The van der Waals surface area contributed by atoms with E-state index >= 15 is 0 Å². The summed E-state index contributed by atoms with van der Waals surface area (Å²) in [5.41, 5.74) is 6.53. The summed E-state index contributed by atoms with van der Waals surface area (Å²) in [6, 6.07) is 17.4. The average Bonchev–Trinajstić information content (AvgIpc) is 3.84. The van der Waals surface area contributed by atoms with Crippen LogP contribution in [0.2, 0.25) is 10.0 Å². The van der Waals surface area contributed by atoms with Crippen LogP contribution in [-0.4, -0.2) is 78.0 Å². The number of nitrogens with zero attached hydrogens (tertiary/aromatic N) is 3. The van der Waals surface area contributed by atoms with Gasteiger partial charge < -0.3 is 30.9 Å². The van der Waals surface area contributed by atoms with E-state index in [2.05, 4.69) is 21.3 Å². The molecular weight excluding hydrogens is 689 g/mol. The molecule has 2 fully saturated rings. The summed E-state index contributed by atoms with van der Waals surface area (Å²) in [6.07, 6.45) is 4.55. The van der Waals surface area contributed by atoms with Gasteiger partial charge in [-0.3, -0.25) is 19.4 Å². The van der Waals surface area contributed by atoms with E-state index in [0.29, 0.717) is 90.6 Å². The van der Waals surface area contributed by atoms with Crippen molar-refractivity contribution in [1.29, 1.82) is 0 Å². The third-order valence-corrected chi connectivity index (χ3v) is 10.5. The van der Waals surface area contributed by atoms with Gasteiger partial charge in [-0.05, 0) is 25.0 Å². The van der Waals surface area contributed by atoms with Crippen molar-refractivity contribution in [3.63, 3.8) is 0 Å². The number of rotatable bonds is 13. The SMILES string of the molecule is COc1nc(-c2cccc(-c3cccc(-c4cc5c(cn4)CN(CCNC[C@@H]4CCC(=O)N4)C5=O)c3Cl)c2Cl)ccc1CNC[C@H]1CCC(=O)N1. The molecule has 5 heterocycles. The molecule has 0 spiro atoms. The number of fused-ring (bicyclic) bond motifs is 1. The van der Waals surface area contributed by atoms with Gasteiger partial charge in [0.15, 0.2) is 0 Å². The topological polar surface area (TPSA) is 138 Å². The maximum Gasteiger partial charge on any atom is 0.254 e. The first-order chi connectivity index (χ1) is 24.8. The van der Waals surface area contributed by atoms with Crippen LogP contribution in [0.4, 0.5) is 0 Å². The van der Waals surface area contributed by atoms with Crippen molar-refractivity contribution in [1.82, 2.24) is 36.1 Å². The van der Waals surface area contributed by atoms with Crippen molar-refractivity contribution >= 4 is 40.9 Å². The summed E-state index contributed by atoms with van der Waals surface area (Å²) in [5.74, 6) is 0.633. The molecule has 3 aliphatic rings. The molecule has 0 saturated carbocycles. The molecule has 2 saturated heterocycles. The van der Waals surface area contributed by atoms with Crippen molar-refractivity contribution in [3.8, 4) is 39.5 Å². The van der Waals surface area contributed by atoms with Gasteiger partial charge in [-0.2, -0.15) is 0 Å². The maximum atomic E-state index is 13.4. The van der Waals surface area contributed by atoms with Gasteiger partial charge in [-0.1, -0.05) is 65.7 Å². The first-order valence-corrected chi connectivity index (χ1v) is 17.9. The monoisotopic (exact) mass is 727 g/mol. The van der Waals surface area contributed by atoms with E-state index in [1.807, 2.05) is 59.5 Å². The molecule has 13 heteroatoms. The zero-order chi connectivity index (χ0) is 35.5. The molecule has 2 aromatic heterocycles. The second kappa shape index (κ2) is 15.4. The molecule has 4 aromatic rings. The summed E-state index contributed by atoms with van der Waals surface area (Å²) in [6.45, 7) is 3.58. The highest BCUT2D eigenvalue weighted by Crippen LogP contribution is 2.42. The van der Waals surface area contributed by atoms with Crippen LogP contribution in [0.25, 0.3) is 33.6 Å². The predicted molar refractivity (Wildman–Crippen MR) is 197 cm³/mol. The fourth-order valence-electron chi connectivity index (χ4n) is 6.92. The number of hydrogen-bond donors (Lipinski definition) is 4. The number of nitrogens with one attached hydrogen (secondary N) is 4. The number of ether oxygens (including phenoxy) is 1. The minimum atomic E-state index is -0.0420. The number of pyridine rings is 2. The molecule has 2 aromatic carbocycles. The molecule has 0 bridgehead atoms. The minimum absolute atomic E-state index is 0.0420. The van der Waals surface area contributed by atoms with Gasteiger partial charge in [-0.15, -0.1) is 0 Å². The maximum absolute atomic E-state index is 13.4. The van der Waals surface area contributed by atoms with Gasteiger partial charge in [0, 0.05) is 109 Å². The highest BCUT2D eigenvalue weighted by Gasteiger charge is 2.29. The van der Waals surface area contributed by atoms with Crippen molar-refractivity contribution in [2.45, 2.75) is 50.9 Å². The number of amides is 3. The summed E-state index contributed by atoms with van der Waals surface area (Å²) < 4.78 is 5.64. The number of halogens is 2. The van der Waals surface area contributed by atoms with Gasteiger partial charge in [0.2, 0.25) is 17.7 Å². The Labute approximate surface area is 306 Å². The zero-order valence-electron chi connectivity index (χ0n) is 28.2. The van der Waals surface area contributed by atoms with Gasteiger partial charge in [0.25, 0.3) is 5.91 Å². The molecule has 264 valence electrons. The fraction of sp³-hybridized carbons (Fsp3) is 0.342. The van der Waals surface area contributed by atoms with E-state index in [4.69, 9.17) is 37.9 Å². The predicted octanol–water partition coefficient (Wildman–Crippen LogP) is 4.99. The molecule has 0 unspecified atom stereocenters. The Bertz CT molecular complexity index is 1990. The van der Waals surface area contributed by atoms with E-state index in [9.17, 15) is 14.4 Å². The molecule has 7 rings (SSSR count). The van der Waals surface area contributed by atoms with Gasteiger partial charge in [0.05, 0.1) is 28.5 Å². The molecule has 4 N–H and O–H groups in total. The number of hydrogen-bond acceptors (Lipinski definition) is 8. The standard InChI is InChI=1S/C38H39Cl2N7O4/c1-51-37-22(17-42-20-25-10-13-34(49)45-25)8-11-31(46-37)28-6-2-4-26(35(28)39)27-5-3-7-29(36(27)40)32-16-30-23(18-43-32)21-47(38(30)50)15-14-41-19-24-9-12-33(48)44-24/h2-8,11,16,18,24-25,41-42H,9-10,12-15,17,19-21H2,1H3,(H,44,48)(H,45,49)/t24-,25+/m0/s1. The third kappa shape index (κ3) is 7.57. The van der Waals surface area contributed by atoms with E-state index in [-0.39, 0.29) is 29.8 Å². The van der Waals surface area contributed by atoms with Crippen LogP contribution in [0.5, 0.6) is 5.88 Å². The molecule has 0 radical (unpaired) electrons. The summed E-state index contributed by atoms with van der Waals surface area (Å²) in [7, 11) is 1.59. The fourth-order valence-corrected chi connectivity index (χ4v) is 7.57. The van der Waals surface area contributed by atoms with E-state index in [0.717, 1.165) is 40.7 Å². The zero-order valence-corrected chi connectivity index (χ0v) is 29.7. The molecular formula is C38H39Cl2N7O4. The van der Waals surface area contributed by atoms with E-state index in [1.165, 1.54) is 0 Å². The quantitative estimate of drug-likeness (QED) is 0.142. The lowest BCUT2D eigenvalue weighted by atomic mass is 9.97. The van der Waals surface area contributed by atoms with Gasteiger partial charge in [-0.25, -0.2) is 4.98 Å². The number of benzene rings is 2. The van der Waals surface area contributed by atoms with Crippen LogP contribution in [0.3, 0.4) is 0 Å². The lowest BCUT2D eigenvalue weighted by molar-refractivity contribution is -0.120. The first kappa shape index (κ1) is 34.9. The van der Waals surface area contributed by atoms with Crippen LogP contribution in [0, 0.1) is 0 Å². The lowest BCUT2D eigenvalue weighted by Gasteiger charge is -2.17. The van der Waals surface area contributed by atoms with Crippen LogP contribution < -0.4 is 26.0 Å². The molecule has 0 aliphatic carbocycles. The Morgan fingerprint density at radius 1 is 0.824 bits per heavy atom. The molecule has 51 heavy (non-hydrogen) atoms. The van der Waals surface area contributed by atoms with Gasteiger partial charge >= 0.3 is 0 Å². The second-order valence-corrected chi connectivity index (χ2v) is 13.8. The Hall–Kier alpha value is -4.55. The largest absolute Gasteiger partial charge is 0.481 e. The summed E-state index contributed by atoms with van der Waals surface area (Å²) >= 11 is 14.2. The highest BCUT2D eigenvalue weighted by atomic mass is 35.5. The van der Waals surface area contributed by atoms with Crippen molar-refractivity contribution < 1.29 is 19.1 Å². The molecule has 3 aliphatic heterocycles. The normalized spacial score (nSPS) is 18.3. The van der Waals surface area contributed by atoms with E-state index < -0.39 is 0 Å². The number of methoxy groups -OCH3 is 1. The number of carbonyl (C=O) groups is 3. The van der Waals surface area contributed by atoms with Crippen LogP contribution in [0.1, 0.15) is 47.2 Å². The Morgan fingerprint density at radius 3 is 2.08 bits per heavy atom. The van der Waals surface area contributed by atoms with Crippen LogP contribution in [0.15, 0.2) is 60.8 Å². The average molecular weight is 729 g/mol. The Morgan fingerprint density at radius 2 is 1.45 bits per heavy atom. The first-order valence-electron chi connectivity index (χ1n) is 17.2. The highest BCUT2D eigenvalue weighted by molar-refractivity contribution is 6.39. The smallest absolute Gasteiger partial charge is 0.254 e. The number of aromatic nitrogens is 2. The summed E-state index contributed by atoms with van der Waals surface area (Å²) in [5, 5.41) is 13.6. The van der Waals surface area contributed by atoms with Gasteiger partial charge in [0.1, 0.15) is 0 Å². The second-order valence-electron chi connectivity index (χ2n) is 13.1. The van der Waals surface area contributed by atoms with E-state index in [1.54, 1.807) is 13.3 Å². The summed E-state index contributed by atoms with van der Waals surface area (Å²) in [4.78, 5) is 47.6. The molecule has 3 amide bonds. The minimum Gasteiger partial charge on any atom is -0.481 e. The Kier molecular flexibility index (Phi) is 10.5. The van der Waals surface area contributed by atoms with Crippen LogP contribution >= 0.6 is 23.2 Å². The third-order valence-electron chi connectivity index (χ3n) is 9.66. The molecule has 2 atom stereocenters. The molecule has 11 nitrogen and oxygen atoms in total. The van der Waals surface area contributed by atoms with Crippen molar-refractivity contribution in [2.75, 3.05) is 33.3 Å². The van der Waals surface area contributed by atoms with Crippen molar-refractivity contribution in [2.24, 2.45) is 0 Å². The Balaban J connectivity index is 1.06.